The number of H-pyrrole nitrogens is 1. The third kappa shape index (κ3) is 3.84. The van der Waals surface area contributed by atoms with Gasteiger partial charge in [0.15, 0.2) is 0 Å². The summed E-state index contributed by atoms with van der Waals surface area (Å²) in [5.41, 5.74) is 0.733. The third-order valence-corrected chi connectivity index (χ3v) is 3.05. The molecule has 1 N–H and O–H groups in total. The Morgan fingerprint density at radius 1 is 1.60 bits per heavy atom. The van der Waals surface area contributed by atoms with Gasteiger partial charge in [0.2, 0.25) is 0 Å². The summed E-state index contributed by atoms with van der Waals surface area (Å²) >= 11 is 1.76. The summed E-state index contributed by atoms with van der Waals surface area (Å²) in [4.78, 5) is 11.3. The molecule has 0 bridgehead atoms. The number of nitriles is 1. The van der Waals surface area contributed by atoms with Crippen molar-refractivity contribution in [2.75, 3.05) is 0 Å². The van der Waals surface area contributed by atoms with Crippen molar-refractivity contribution >= 4 is 11.8 Å². The Bertz CT molecular complexity index is 419. The van der Waals surface area contributed by atoms with Crippen LogP contribution >= 0.6 is 11.8 Å². The molecule has 0 spiro atoms. The summed E-state index contributed by atoms with van der Waals surface area (Å²) in [5, 5.41) is 11.4. The van der Waals surface area contributed by atoms with Crippen molar-refractivity contribution < 1.29 is 0 Å². The molecule has 0 atom stereocenters. The molecule has 1 heterocycles. The van der Waals surface area contributed by atoms with Gasteiger partial charge in [-0.3, -0.25) is 9.89 Å². The van der Waals surface area contributed by atoms with Crippen LogP contribution in [0.2, 0.25) is 0 Å². The van der Waals surface area contributed by atoms with Gasteiger partial charge in [-0.1, -0.05) is 20.8 Å². The fraction of sp³-hybridized carbons (Fsp3) is 0.600. The minimum Gasteiger partial charge on any atom is -0.298 e. The number of rotatable bonds is 3. The van der Waals surface area contributed by atoms with Gasteiger partial charge in [-0.15, -0.1) is 11.8 Å². The zero-order chi connectivity index (χ0) is 11.5. The number of aromatic amines is 1. The molecule has 1 aromatic rings. The van der Waals surface area contributed by atoms with E-state index < -0.39 is 0 Å². The quantitative estimate of drug-likeness (QED) is 0.852. The van der Waals surface area contributed by atoms with Gasteiger partial charge in [-0.05, 0) is 0 Å². The lowest BCUT2D eigenvalue weighted by atomic mass is 10.3. The normalized spacial score (nSPS) is 11.3. The van der Waals surface area contributed by atoms with E-state index in [1.807, 2.05) is 6.07 Å². The summed E-state index contributed by atoms with van der Waals surface area (Å²) in [5.74, 6) is 0.761. The molecule has 0 aromatic carbocycles. The van der Waals surface area contributed by atoms with E-state index in [-0.39, 0.29) is 16.9 Å². The number of hydrogen-bond acceptors (Lipinski definition) is 3. The minimum absolute atomic E-state index is 0.0824. The zero-order valence-corrected chi connectivity index (χ0v) is 10.0. The van der Waals surface area contributed by atoms with E-state index in [1.54, 1.807) is 17.8 Å². The second-order valence-corrected chi connectivity index (χ2v) is 6.07. The Balaban J connectivity index is 2.69. The fourth-order valence-electron chi connectivity index (χ4n) is 1.04. The third-order valence-electron chi connectivity index (χ3n) is 1.73. The standard InChI is InChI=1S/C10H15N3OS/c1-10(2,3)15-7-8-6-9(14)13(12-8)5-4-11/h6,12H,5,7H2,1-3H3. The van der Waals surface area contributed by atoms with Crippen molar-refractivity contribution in [2.24, 2.45) is 0 Å². The molecule has 0 aliphatic heterocycles. The average molecular weight is 225 g/mol. The van der Waals surface area contributed by atoms with E-state index in [0.717, 1.165) is 11.4 Å². The van der Waals surface area contributed by atoms with Crippen LogP contribution in [0.4, 0.5) is 0 Å². The summed E-state index contributed by atoms with van der Waals surface area (Å²) in [6, 6.07) is 3.49. The second-order valence-electron chi connectivity index (χ2n) is 4.26. The number of hydrogen-bond donors (Lipinski definition) is 1. The maximum atomic E-state index is 11.3. The van der Waals surface area contributed by atoms with E-state index >= 15 is 0 Å². The van der Waals surface area contributed by atoms with Crippen LogP contribution in [-0.2, 0) is 12.3 Å². The molecular formula is C10H15N3OS. The van der Waals surface area contributed by atoms with Crippen LogP contribution in [0.15, 0.2) is 10.9 Å². The molecule has 1 rings (SSSR count). The van der Waals surface area contributed by atoms with Gasteiger partial charge in [-0.2, -0.15) is 5.26 Å². The van der Waals surface area contributed by atoms with Crippen molar-refractivity contribution in [3.63, 3.8) is 0 Å². The fourth-order valence-corrected chi connectivity index (χ4v) is 1.78. The Kier molecular flexibility index (Phi) is 3.64. The van der Waals surface area contributed by atoms with Crippen molar-refractivity contribution in [1.82, 2.24) is 9.78 Å². The highest BCUT2D eigenvalue weighted by molar-refractivity contribution is 7.99. The molecule has 0 aliphatic rings. The predicted molar refractivity (Wildman–Crippen MR) is 61.7 cm³/mol. The molecule has 82 valence electrons. The van der Waals surface area contributed by atoms with Crippen LogP contribution in [0.1, 0.15) is 26.5 Å². The van der Waals surface area contributed by atoms with Gasteiger partial charge in [0.25, 0.3) is 5.56 Å². The molecule has 0 amide bonds. The smallest absolute Gasteiger partial charge is 0.267 e. The molecular weight excluding hydrogens is 210 g/mol. The molecule has 0 saturated carbocycles. The second kappa shape index (κ2) is 4.58. The topological polar surface area (TPSA) is 61.6 Å². The lowest BCUT2D eigenvalue weighted by Crippen LogP contribution is -2.14. The van der Waals surface area contributed by atoms with E-state index in [0.29, 0.717) is 0 Å². The van der Waals surface area contributed by atoms with Gasteiger partial charge in [-0.25, -0.2) is 4.68 Å². The van der Waals surface area contributed by atoms with Crippen LogP contribution in [0.25, 0.3) is 0 Å². The average Bonchev–Trinajstić information content (AvgIpc) is 2.44. The maximum Gasteiger partial charge on any atom is 0.267 e. The zero-order valence-electron chi connectivity index (χ0n) is 9.20. The van der Waals surface area contributed by atoms with E-state index in [2.05, 4.69) is 25.9 Å². The van der Waals surface area contributed by atoms with Crippen molar-refractivity contribution in [3.8, 4) is 6.07 Å². The first-order valence-corrected chi connectivity index (χ1v) is 5.70. The van der Waals surface area contributed by atoms with Crippen molar-refractivity contribution in [2.45, 2.75) is 37.8 Å². The van der Waals surface area contributed by atoms with Gasteiger partial charge >= 0.3 is 0 Å². The molecule has 0 radical (unpaired) electrons. The van der Waals surface area contributed by atoms with E-state index in [1.165, 1.54) is 4.68 Å². The van der Waals surface area contributed by atoms with Gasteiger partial charge in [0, 0.05) is 22.3 Å². The van der Waals surface area contributed by atoms with Crippen LogP contribution < -0.4 is 5.56 Å². The first-order valence-electron chi connectivity index (χ1n) is 4.72. The monoisotopic (exact) mass is 225 g/mol. The largest absolute Gasteiger partial charge is 0.298 e. The first kappa shape index (κ1) is 11.9. The van der Waals surface area contributed by atoms with Crippen LogP contribution in [0, 0.1) is 11.3 Å². The van der Waals surface area contributed by atoms with E-state index in [4.69, 9.17) is 5.26 Å². The van der Waals surface area contributed by atoms with Gasteiger partial charge in [0.1, 0.15) is 6.54 Å². The van der Waals surface area contributed by atoms with Crippen molar-refractivity contribution in [3.05, 3.63) is 22.1 Å². The summed E-state index contributed by atoms with van der Waals surface area (Å²) in [7, 11) is 0. The highest BCUT2D eigenvalue weighted by Gasteiger charge is 2.11. The van der Waals surface area contributed by atoms with Crippen molar-refractivity contribution in [1.29, 1.82) is 5.26 Å². The van der Waals surface area contributed by atoms with Gasteiger partial charge in [0.05, 0.1) is 6.07 Å². The molecule has 5 heteroatoms. The number of aromatic nitrogens is 2. The lowest BCUT2D eigenvalue weighted by Gasteiger charge is -2.16. The molecule has 0 aliphatic carbocycles. The first-order chi connectivity index (χ1) is 6.92. The predicted octanol–water partition coefficient (Wildman–Crippen LogP) is 1.73. The number of nitrogens with one attached hydrogen (secondary N) is 1. The highest BCUT2D eigenvalue weighted by Crippen LogP contribution is 2.25. The van der Waals surface area contributed by atoms with Crippen LogP contribution in [0.3, 0.4) is 0 Å². The molecule has 0 saturated heterocycles. The summed E-state index contributed by atoms with van der Waals surface area (Å²) in [6.07, 6.45) is 0. The molecule has 0 unspecified atom stereocenters. The number of thioether (sulfide) groups is 1. The lowest BCUT2D eigenvalue weighted by molar-refractivity contribution is 0.677. The Hall–Kier alpha value is -1.15. The molecule has 15 heavy (non-hydrogen) atoms. The summed E-state index contributed by atoms with van der Waals surface area (Å²) in [6.45, 7) is 6.46. The minimum atomic E-state index is -0.138. The summed E-state index contributed by atoms with van der Waals surface area (Å²) < 4.78 is 1.49. The number of nitrogens with zero attached hydrogens (tertiary/aromatic N) is 2. The SMILES string of the molecule is CC(C)(C)SCc1cc(=O)n(CC#N)[nH]1. The highest BCUT2D eigenvalue weighted by atomic mass is 32.2. The van der Waals surface area contributed by atoms with Crippen LogP contribution in [-0.4, -0.2) is 14.5 Å². The van der Waals surface area contributed by atoms with Crippen LogP contribution in [0.5, 0.6) is 0 Å². The Labute approximate surface area is 93.3 Å². The Morgan fingerprint density at radius 3 is 2.80 bits per heavy atom. The molecule has 1 aromatic heterocycles. The van der Waals surface area contributed by atoms with E-state index in [9.17, 15) is 4.79 Å². The van der Waals surface area contributed by atoms with Gasteiger partial charge < -0.3 is 0 Å². The maximum absolute atomic E-state index is 11.3. The Morgan fingerprint density at radius 2 is 2.27 bits per heavy atom. The molecule has 0 fully saturated rings. The molecule has 4 nitrogen and oxygen atoms in total.